The molecule has 0 aliphatic heterocycles. The second-order valence-electron chi connectivity index (χ2n) is 5.24. The third-order valence-corrected chi connectivity index (χ3v) is 4.14. The highest BCUT2D eigenvalue weighted by Crippen LogP contribution is 2.35. The first kappa shape index (κ1) is 14.6. The zero-order valence-corrected chi connectivity index (χ0v) is 12.1. The molecule has 0 bridgehead atoms. The minimum Gasteiger partial charge on any atom is -0.396 e. The van der Waals surface area contributed by atoms with Crippen molar-refractivity contribution in [3.63, 3.8) is 0 Å². The van der Waals surface area contributed by atoms with Crippen LogP contribution in [0.15, 0.2) is 18.2 Å². The Hall–Kier alpha value is -0.770. The number of nitrogens with zero attached hydrogens (tertiary/aromatic N) is 1. The molecule has 3 nitrogen and oxygen atoms in total. The Kier molecular flexibility index (Phi) is 5.08. The van der Waals surface area contributed by atoms with Crippen LogP contribution in [0.4, 0.5) is 5.69 Å². The summed E-state index contributed by atoms with van der Waals surface area (Å²) in [5.41, 5.74) is 1.86. The molecule has 1 aromatic carbocycles. The van der Waals surface area contributed by atoms with Gasteiger partial charge in [0.1, 0.15) is 0 Å². The fourth-order valence-corrected chi connectivity index (χ4v) is 2.75. The molecule has 0 saturated heterocycles. The molecule has 0 radical (unpaired) electrons. The first-order chi connectivity index (χ1) is 9.13. The van der Waals surface area contributed by atoms with Gasteiger partial charge in [-0.2, -0.15) is 0 Å². The van der Waals surface area contributed by atoms with E-state index in [1.54, 1.807) is 6.92 Å². The van der Waals surface area contributed by atoms with Gasteiger partial charge in [-0.3, -0.25) is 0 Å². The fraction of sp³-hybridized carbons (Fsp3) is 0.600. The summed E-state index contributed by atoms with van der Waals surface area (Å²) in [6.07, 6.45) is 3.91. The summed E-state index contributed by atoms with van der Waals surface area (Å²) < 4.78 is 0. The van der Waals surface area contributed by atoms with Gasteiger partial charge in [0.15, 0.2) is 0 Å². The fourth-order valence-electron chi connectivity index (χ4n) is 2.46. The zero-order valence-electron chi connectivity index (χ0n) is 11.3. The lowest BCUT2D eigenvalue weighted by Crippen LogP contribution is -2.41. The van der Waals surface area contributed by atoms with E-state index < -0.39 is 6.10 Å². The molecule has 1 saturated carbocycles. The molecule has 0 unspecified atom stereocenters. The topological polar surface area (TPSA) is 43.7 Å². The second-order valence-corrected chi connectivity index (χ2v) is 5.65. The van der Waals surface area contributed by atoms with Crippen molar-refractivity contribution in [1.29, 1.82) is 0 Å². The summed E-state index contributed by atoms with van der Waals surface area (Å²) in [5, 5.41) is 19.3. The number of anilines is 1. The van der Waals surface area contributed by atoms with E-state index in [9.17, 15) is 5.11 Å². The van der Waals surface area contributed by atoms with Crippen LogP contribution in [0.5, 0.6) is 0 Å². The van der Waals surface area contributed by atoms with Gasteiger partial charge in [0.05, 0.1) is 16.8 Å². The first-order valence-corrected chi connectivity index (χ1v) is 7.36. The molecule has 0 heterocycles. The van der Waals surface area contributed by atoms with Gasteiger partial charge < -0.3 is 15.1 Å². The van der Waals surface area contributed by atoms with E-state index in [0.717, 1.165) is 24.2 Å². The van der Waals surface area contributed by atoms with Crippen LogP contribution in [0, 0.1) is 0 Å². The van der Waals surface area contributed by atoms with E-state index in [1.807, 2.05) is 18.2 Å². The summed E-state index contributed by atoms with van der Waals surface area (Å²) in [6.45, 7) is 2.77. The smallest absolute Gasteiger partial charge is 0.0762 e. The van der Waals surface area contributed by atoms with E-state index in [4.69, 9.17) is 16.7 Å². The molecule has 2 rings (SSSR count). The van der Waals surface area contributed by atoms with Gasteiger partial charge in [-0.15, -0.1) is 0 Å². The van der Waals surface area contributed by atoms with Crippen LogP contribution in [-0.2, 0) is 0 Å². The van der Waals surface area contributed by atoms with Crippen molar-refractivity contribution < 1.29 is 10.2 Å². The van der Waals surface area contributed by atoms with Crippen LogP contribution in [0.25, 0.3) is 0 Å². The van der Waals surface area contributed by atoms with Gasteiger partial charge in [0, 0.05) is 19.2 Å². The molecule has 1 atom stereocenters. The van der Waals surface area contributed by atoms with Crippen molar-refractivity contribution in [2.75, 3.05) is 18.1 Å². The van der Waals surface area contributed by atoms with Gasteiger partial charge in [0.25, 0.3) is 0 Å². The molecule has 0 amide bonds. The number of rotatable bonds is 6. The van der Waals surface area contributed by atoms with Crippen molar-refractivity contribution in [2.24, 2.45) is 0 Å². The van der Waals surface area contributed by atoms with E-state index in [1.165, 1.54) is 19.3 Å². The maximum Gasteiger partial charge on any atom is 0.0762 e. The number of aliphatic hydroxyl groups excluding tert-OH is 2. The van der Waals surface area contributed by atoms with Crippen LogP contribution in [0.3, 0.4) is 0 Å². The lowest BCUT2D eigenvalue weighted by molar-refractivity contribution is 0.199. The quantitative estimate of drug-likeness (QED) is 0.843. The Morgan fingerprint density at radius 2 is 2.16 bits per heavy atom. The minimum atomic E-state index is -0.499. The molecule has 106 valence electrons. The Bertz CT molecular complexity index is 419. The Balaban J connectivity index is 2.20. The van der Waals surface area contributed by atoms with Gasteiger partial charge >= 0.3 is 0 Å². The molecular formula is C15H22ClNO2. The lowest BCUT2D eigenvalue weighted by Gasteiger charge is -2.39. The molecule has 19 heavy (non-hydrogen) atoms. The van der Waals surface area contributed by atoms with Crippen molar-refractivity contribution in [3.05, 3.63) is 28.8 Å². The van der Waals surface area contributed by atoms with Gasteiger partial charge in [-0.25, -0.2) is 0 Å². The monoisotopic (exact) mass is 283 g/mol. The molecule has 1 aromatic rings. The normalized spacial score (nSPS) is 17.1. The summed E-state index contributed by atoms with van der Waals surface area (Å²) in [5.74, 6) is 0. The van der Waals surface area contributed by atoms with E-state index >= 15 is 0 Å². The van der Waals surface area contributed by atoms with Crippen molar-refractivity contribution in [2.45, 2.75) is 44.8 Å². The molecule has 1 aliphatic carbocycles. The molecule has 4 heteroatoms. The summed E-state index contributed by atoms with van der Waals surface area (Å²) >= 11 is 6.36. The number of benzene rings is 1. The molecule has 0 aromatic heterocycles. The van der Waals surface area contributed by atoms with E-state index in [2.05, 4.69) is 4.90 Å². The summed E-state index contributed by atoms with van der Waals surface area (Å²) in [4.78, 5) is 2.30. The Morgan fingerprint density at radius 1 is 1.42 bits per heavy atom. The average Bonchev–Trinajstić information content (AvgIpc) is 2.32. The number of halogens is 1. The Morgan fingerprint density at radius 3 is 2.63 bits per heavy atom. The Labute approximate surface area is 119 Å². The molecule has 1 fully saturated rings. The SMILES string of the molecule is C[C@H](O)c1ccc(N(CCCO)C2CCC2)c(Cl)c1. The summed E-state index contributed by atoms with van der Waals surface area (Å²) in [7, 11) is 0. The second kappa shape index (κ2) is 6.60. The van der Waals surface area contributed by atoms with Crippen molar-refractivity contribution in [3.8, 4) is 0 Å². The first-order valence-electron chi connectivity index (χ1n) is 6.98. The predicted octanol–water partition coefficient (Wildman–Crippen LogP) is 3.13. The minimum absolute atomic E-state index is 0.201. The lowest BCUT2D eigenvalue weighted by atomic mass is 9.90. The zero-order chi connectivity index (χ0) is 13.8. The van der Waals surface area contributed by atoms with Crippen LogP contribution < -0.4 is 4.90 Å². The van der Waals surface area contributed by atoms with Crippen LogP contribution in [0.1, 0.15) is 44.3 Å². The van der Waals surface area contributed by atoms with Gasteiger partial charge in [-0.1, -0.05) is 17.7 Å². The predicted molar refractivity (Wildman–Crippen MR) is 78.8 cm³/mol. The maximum atomic E-state index is 9.58. The molecule has 1 aliphatic rings. The number of hydrogen-bond donors (Lipinski definition) is 2. The third-order valence-electron chi connectivity index (χ3n) is 3.84. The summed E-state index contributed by atoms with van der Waals surface area (Å²) in [6, 6.07) is 6.30. The van der Waals surface area contributed by atoms with Crippen LogP contribution in [-0.4, -0.2) is 29.4 Å². The molecular weight excluding hydrogens is 262 g/mol. The van der Waals surface area contributed by atoms with Crippen LogP contribution >= 0.6 is 11.6 Å². The van der Waals surface area contributed by atoms with E-state index in [-0.39, 0.29) is 6.61 Å². The third kappa shape index (κ3) is 3.41. The van der Waals surface area contributed by atoms with Gasteiger partial charge in [-0.05, 0) is 50.3 Å². The maximum absolute atomic E-state index is 9.58. The molecule has 2 N–H and O–H groups in total. The number of hydrogen-bond acceptors (Lipinski definition) is 3. The highest BCUT2D eigenvalue weighted by molar-refractivity contribution is 6.33. The van der Waals surface area contributed by atoms with Gasteiger partial charge in [0.2, 0.25) is 0 Å². The average molecular weight is 284 g/mol. The van der Waals surface area contributed by atoms with Crippen molar-refractivity contribution >= 4 is 17.3 Å². The highest BCUT2D eigenvalue weighted by Gasteiger charge is 2.26. The van der Waals surface area contributed by atoms with Crippen LogP contribution in [0.2, 0.25) is 5.02 Å². The molecule has 0 spiro atoms. The largest absolute Gasteiger partial charge is 0.396 e. The standard InChI is InChI=1S/C15H22ClNO2/c1-11(19)12-6-7-15(14(16)10-12)17(8-3-9-18)13-4-2-5-13/h6-7,10-11,13,18-19H,2-5,8-9H2,1H3/t11-/m0/s1. The highest BCUT2D eigenvalue weighted by atomic mass is 35.5. The number of aliphatic hydroxyl groups is 2. The van der Waals surface area contributed by atoms with E-state index in [0.29, 0.717) is 11.1 Å². The van der Waals surface area contributed by atoms with Crippen molar-refractivity contribution in [1.82, 2.24) is 0 Å².